The third-order valence-electron chi connectivity index (χ3n) is 5.05. The van der Waals surface area contributed by atoms with Gasteiger partial charge in [0.15, 0.2) is 12.2 Å². The molecule has 5 rings (SSSR count). The van der Waals surface area contributed by atoms with E-state index in [4.69, 9.17) is 8.94 Å². The summed E-state index contributed by atoms with van der Waals surface area (Å²) in [6.45, 7) is 2.19. The lowest BCUT2D eigenvalue weighted by atomic mass is 9.98. The number of oxazole rings is 1. The summed E-state index contributed by atoms with van der Waals surface area (Å²) in [6.07, 6.45) is 8.06. The van der Waals surface area contributed by atoms with Gasteiger partial charge in [0.2, 0.25) is 0 Å². The van der Waals surface area contributed by atoms with Crippen molar-refractivity contribution < 1.29 is 13.7 Å². The molecule has 1 unspecified atom stereocenters. The monoisotopic (exact) mass is 372 g/mol. The van der Waals surface area contributed by atoms with Crippen LogP contribution in [-0.2, 0) is 6.54 Å². The predicted octanol–water partition coefficient (Wildman–Crippen LogP) is 3.78. The summed E-state index contributed by atoms with van der Waals surface area (Å²) in [7, 11) is 0. The molecule has 1 aliphatic heterocycles. The second-order valence-corrected chi connectivity index (χ2v) is 6.69. The van der Waals surface area contributed by atoms with Gasteiger partial charge >= 0.3 is 0 Å². The van der Waals surface area contributed by atoms with E-state index < -0.39 is 0 Å². The topological polar surface area (TPSA) is 85.3 Å². The Bertz CT molecular complexity index is 1140. The van der Waals surface area contributed by atoms with Gasteiger partial charge in [-0.05, 0) is 41.3 Å². The fourth-order valence-electron chi connectivity index (χ4n) is 3.68. The highest BCUT2D eigenvalue weighted by Crippen LogP contribution is 2.41. The average Bonchev–Trinajstić information content (AvgIpc) is 3.46. The van der Waals surface area contributed by atoms with Crippen LogP contribution in [-0.4, -0.2) is 25.9 Å². The molecular formula is C21H16N4O3. The van der Waals surface area contributed by atoms with E-state index in [1.807, 2.05) is 30.5 Å². The zero-order valence-electron chi connectivity index (χ0n) is 15.1. The Morgan fingerprint density at radius 3 is 2.79 bits per heavy atom. The largest absolute Gasteiger partial charge is 0.446 e. The van der Waals surface area contributed by atoms with E-state index in [0.29, 0.717) is 23.6 Å². The quantitative estimate of drug-likeness (QED) is 0.544. The van der Waals surface area contributed by atoms with E-state index in [-0.39, 0.29) is 11.9 Å². The molecule has 0 spiro atoms. The number of aryl methyl sites for hydroxylation is 1. The van der Waals surface area contributed by atoms with Crippen LogP contribution in [0.3, 0.4) is 0 Å². The first-order valence-corrected chi connectivity index (χ1v) is 8.86. The van der Waals surface area contributed by atoms with E-state index in [1.165, 1.54) is 12.6 Å². The number of aromatic nitrogens is 3. The molecule has 1 aliphatic rings. The van der Waals surface area contributed by atoms with Gasteiger partial charge in [0.1, 0.15) is 17.4 Å². The highest BCUT2D eigenvalue weighted by molar-refractivity contribution is 5.95. The van der Waals surface area contributed by atoms with Crippen LogP contribution in [0.5, 0.6) is 0 Å². The maximum absolute atomic E-state index is 13.2. The van der Waals surface area contributed by atoms with Gasteiger partial charge in [0, 0.05) is 18.9 Å². The Balaban J connectivity index is 1.59. The van der Waals surface area contributed by atoms with Gasteiger partial charge in [0.05, 0.1) is 12.4 Å². The summed E-state index contributed by atoms with van der Waals surface area (Å²) >= 11 is 0. The smallest absolute Gasteiger partial charge is 0.260 e. The summed E-state index contributed by atoms with van der Waals surface area (Å²) in [5.74, 6) is 0.961. The van der Waals surface area contributed by atoms with Crippen molar-refractivity contribution >= 4 is 5.91 Å². The summed E-state index contributed by atoms with van der Waals surface area (Å²) in [6, 6.07) is 9.76. The molecule has 4 heterocycles. The maximum atomic E-state index is 13.2. The van der Waals surface area contributed by atoms with Crippen LogP contribution in [0.25, 0.3) is 11.1 Å². The van der Waals surface area contributed by atoms with E-state index in [9.17, 15) is 4.79 Å². The summed E-state index contributed by atoms with van der Waals surface area (Å²) < 4.78 is 10.6. The Kier molecular flexibility index (Phi) is 3.79. The molecule has 4 aromatic rings. The van der Waals surface area contributed by atoms with Crippen molar-refractivity contribution in [2.24, 2.45) is 0 Å². The lowest BCUT2D eigenvalue weighted by Gasteiger charge is -2.23. The average molecular weight is 372 g/mol. The summed E-state index contributed by atoms with van der Waals surface area (Å²) in [5.41, 5.74) is 4.61. The number of carbonyl (C=O) groups excluding carboxylic acids is 1. The fourth-order valence-corrected chi connectivity index (χ4v) is 3.68. The van der Waals surface area contributed by atoms with Gasteiger partial charge in [-0.25, -0.2) is 4.98 Å². The minimum absolute atomic E-state index is 0.153. The molecule has 0 N–H and O–H groups in total. The number of hydrogen-bond acceptors (Lipinski definition) is 6. The summed E-state index contributed by atoms with van der Waals surface area (Å²) in [5, 5.41) is 3.74. The number of rotatable bonds is 3. The van der Waals surface area contributed by atoms with Crippen LogP contribution in [0, 0.1) is 6.92 Å². The van der Waals surface area contributed by atoms with Crippen LogP contribution >= 0.6 is 0 Å². The number of carbonyl (C=O) groups is 1. The lowest BCUT2D eigenvalue weighted by molar-refractivity contribution is 0.0701. The number of amides is 1. The molecule has 28 heavy (non-hydrogen) atoms. The van der Waals surface area contributed by atoms with Gasteiger partial charge in [-0.3, -0.25) is 9.78 Å². The molecule has 0 saturated heterocycles. The van der Waals surface area contributed by atoms with Crippen molar-refractivity contribution in [3.63, 3.8) is 0 Å². The minimum Gasteiger partial charge on any atom is -0.446 e. The molecule has 0 aliphatic carbocycles. The molecular weight excluding hydrogens is 356 g/mol. The van der Waals surface area contributed by atoms with Crippen molar-refractivity contribution in [3.8, 4) is 11.1 Å². The van der Waals surface area contributed by atoms with Gasteiger partial charge in [-0.2, -0.15) is 0 Å². The van der Waals surface area contributed by atoms with E-state index in [1.54, 1.807) is 24.2 Å². The molecule has 7 nitrogen and oxygen atoms in total. The van der Waals surface area contributed by atoms with Crippen LogP contribution < -0.4 is 0 Å². The first-order valence-electron chi connectivity index (χ1n) is 8.86. The molecule has 3 aromatic heterocycles. The van der Waals surface area contributed by atoms with Gasteiger partial charge in [0.25, 0.3) is 5.91 Å². The Labute approximate surface area is 160 Å². The zero-order valence-corrected chi connectivity index (χ0v) is 15.1. The number of hydrogen-bond donors (Lipinski definition) is 0. The second kappa shape index (κ2) is 6.45. The van der Waals surface area contributed by atoms with E-state index in [0.717, 1.165) is 22.3 Å². The highest BCUT2D eigenvalue weighted by atomic mass is 16.5. The Morgan fingerprint density at radius 2 is 2.07 bits per heavy atom. The first kappa shape index (κ1) is 16.4. The molecule has 1 atom stereocenters. The van der Waals surface area contributed by atoms with Crippen molar-refractivity contribution in [1.82, 2.24) is 20.0 Å². The highest BCUT2D eigenvalue weighted by Gasteiger charge is 2.38. The van der Waals surface area contributed by atoms with Gasteiger partial charge < -0.3 is 13.8 Å². The molecule has 1 amide bonds. The predicted molar refractivity (Wildman–Crippen MR) is 99.1 cm³/mol. The maximum Gasteiger partial charge on any atom is 0.260 e. The number of fused-ring (bicyclic) bond motifs is 1. The molecule has 1 aromatic carbocycles. The van der Waals surface area contributed by atoms with Crippen LogP contribution in [0.1, 0.15) is 39.0 Å². The van der Waals surface area contributed by atoms with Gasteiger partial charge in [-0.1, -0.05) is 23.4 Å². The molecule has 0 bridgehead atoms. The molecule has 7 heteroatoms. The Hall–Kier alpha value is -3.74. The lowest BCUT2D eigenvalue weighted by Crippen LogP contribution is -2.30. The van der Waals surface area contributed by atoms with E-state index in [2.05, 4.69) is 21.2 Å². The third kappa shape index (κ3) is 2.60. The molecule has 0 fully saturated rings. The standard InChI is InChI=1S/C21H16N4O3/c1-13-18(9-24-28-13)21(26)25-11-16-7-14(15-3-2-6-22-8-15)4-5-17(16)20(25)19-10-23-12-27-19/h2-10,12,20H,11H2,1H3. The zero-order chi connectivity index (χ0) is 19.1. The molecule has 0 saturated carbocycles. The summed E-state index contributed by atoms with van der Waals surface area (Å²) in [4.78, 5) is 23.2. The SMILES string of the molecule is Cc1oncc1C(=O)N1Cc2cc(-c3cccnc3)ccc2C1c1cnco1. The number of nitrogens with zero attached hydrogens (tertiary/aromatic N) is 4. The van der Waals surface area contributed by atoms with E-state index >= 15 is 0 Å². The van der Waals surface area contributed by atoms with Crippen molar-refractivity contribution in [3.05, 3.63) is 89.7 Å². The minimum atomic E-state index is -0.345. The van der Waals surface area contributed by atoms with Gasteiger partial charge in [-0.15, -0.1) is 0 Å². The van der Waals surface area contributed by atoms with Crippen molar-refractivity contribution in [2.75, 3.05) is 0 Å². The molecule has 0 radical (unpaired) electrons. The van der Waals surface area contributed by atoms with Crippen LogP contribution in [0.4, 0.5) is 0 Å². The normalized spacial score (nSPS) is 15.6. The van der Waals surface area contributed by atoms with Crippen molar-refractivity contribution in [1.29, 1.82) is 0 Å². The second-order valence-electron chi connectivity index (χ2n) is 6.69. The molecule has 138 valence electrons. The van der Waals surface area contributed by atoms with Crippen LogP contribution in [0.15, 0.2) is 70.5 Å². The van der Waals surface area contributed by atoms with Crippen molar-refractivity contribution in [2.45, 2.75) is 19.5 Å². The number of benzene rings is 1. The third-order valence-corrected chi connectivity index (χ3v) is 5.05. The Morgan fingerprint density at radius 1 is 1.14 bits per heavy atom. The van der Waals surface area contributed by atoms with Crippen LogP contribution in [0.2, 0.25) is 0 Å². The fraction of sp³-hybridized carbons (Fsp3) is 0.143. The number of pyridine rings is 1. The first-order chi connectivity index (χ1) is 13.7.